The van der Waals surface area contributed by atoms with Crippen LogP contribution in [0.15, 0.2) is 48.5 Å². The molecule has 194 valence electrons. The van der Waals surface area contributed by atoms with Gasteiger partial charge in [0.25, 0.3) is 5.91 Å². The quantitative estimate of drug-likeness (QED) is 0.449. The van der Waals surface area contributed by atoms with Crippen molar-refractivity contribution in [1.82, 2.24) is 40.2 Å². The predicted molar refractivity (Wildman–Crippen MR) is 139 cm³/mol. The van der Waals surface area contributed by atoms with Gasteiger partial charge in [0.2, 0.25) is 5.91 Å². The molecule has 3 aromatic heterocycles. The molecule has 1 unspecified atom stereocenters. The summed E-state index contributed by atoms with van der Waals surface area (Å²) in [4.78, 5) is 29.8. The summed E-state index contributed by atoms with van der Waals surface area (Å²) >= 11 is 1.49. The average molecular weight is 523 g/mol. The normalized spacial score (nSPS) is 21.2. The second-order valence-corrected chi connectivity index (χ2v) is 11.2. The number of likely N-dealkylation sites (tertiary alicyclic amines) is 1. The maximum Gasteiger partial charge on any atom is 0.260 e. The molecule has 0 radical (unpaired) electrons. The number of ether oxygens (including phenoxy) is 1. The summed E-state index contributed by atoms with van der Waals surface area (Å²) in [6.07, 6.45) is 12.9. The van der Waals surface area contributed by atoms with Crippen LogP contribution in [0, 0.1) is 5.41 Å². The van der Waals surface area contributed by atoms with Gasteiger partial charge in [-0.2, -0.15) is 10.2 Å². The number of carbonyl (C=O) groups excluding carboxylic acids is 2. The van der Waals surface area contributed by atoms with Crippen molar-refractivity contribution in [3.05, 3.63) is 54.0 Å². The number of dihydropyridines is 1. The van der Waals surface area contributed by atoms with Crippen molar-refractivity contribution in [1.29, 1.82) is 0 Å². The zero-order chi connectivity index (χ0) is 25.6. The van der Waals surface area contributed by atoms with E-state index in [-0.39, 0.29) is 17.9 Å². The highest BCUT2D eigenvalue weighted by Gasteiger charge is 2.41. The van der Waals surface area contributed by atoms with Crippen LogP contribution in [0.4, 0.5) is 0 Å². The van der Waals surface area contributed by atoms with E-state index in [1.54, 1.807) is 27.8 Å². The lowest BCUT2D eigenvalue weighted by Crippen LogP contribution is -2.52. The first-order valence-corrected chi connectivity index (χ1v) is 13.2. The van der Waals surface area contributed by atoms with Crippen LogP contribution in [0.25, 0.3) is 15.3 Å². The van der Waals surface area contributed by atoms with Gasteiger partial charge >= 0.3 is 0 Å². The number of nitrogens with one attached hydrogen (secondary N) is 3. The first-order valence-electron chi connectivity index (χ1n) is 12.4. The van der Waals surface area contributed by atoms with Gasteiger partial charge in [0.1, 0.15) is 4.83 Å². The molecule has 12 heteroatoms. The number of hydrogen-bond acceptors (Lipinski definition) is 8. The Morgan fingerprint density at radius 1 is 1.19 bits per heavy atom. The molecule has 2 amide bonds. The number of allylic oxidation sites excluding steroid dienone is 1. The summed E-state index contributed by atoms with van der Waals surface area (Å²) in [7, 11) is 1.87. The molecule has 1 atom stereocenters. The van der Waals surface area contributed by atoms with Crippen LogP contribution in [0.3, 0.4) is 0 Å². The highest BCUT2D eigenvalue weighted by molar-refractivity contribution is 7.21. The minimum absolute atomic E-state index is 0.0646. The molecule has 3 aliphatic rings. The molecule has 2 saturated heterocycles. The third-order valence-corrected chi connectivity index (χ3v) is 8.50. The van der Waals surface area contributed by atoms with Crippen LogP contribution in [0.2, 0.25) is 0 Å². The summed E-state index contributed by atoms with van der Waals surface area (Å²) in [5.74, 6) is -0.311. The van der Waals surface area contributed by atoms with Gasteiger partial charge in [-0.1, -0.05) is 0 Å². The lowest BCUT2D eigenvalue weighted by Gasteiger charge is -2.47. The molecular weight excluding hydrogens is 492 g/mol. The molecule has 3 aliphatic heterocycles. The largest absolute Gasteiger partial charge is 0.381 e. The van der Waals surface area contributed by atoms with Gasteiger partial charge in [-0.15, -0.1) is 11.3 Å². The van der Waals surface area contributed by atoms with E-state index in [1.165, 1.54) is 11.3 Å². The number of amides is 2. The lowest BCUT2D eigenvalue weighted by atomic mass is 9.77. The third-order valence-electron chi connectivity index (χ3n) is 7.34. The van der Waals surface area contributed by atoms with Gasteiger partial charge in [0, 0.05) is 42.3 Å². The Balaban J connectivity index is 1.09. The molecule has 2 fully saturated rings. The van der Waals surface area contributed by atoms with E-state index in [4.69, 9.17) is 4.74 Å². The summed E-state index contributed by atoms with van der Waals surface area (Å²) in [5.41, 5.74) is 3.11. The highest BCUT2D eigenvalue weighted by atomic mass is 32.1. The van der Waals surface area contributed by atoms with Crippen molar-refractivity contribution >= 4 is 28.0 Å². The first-order chi connectivity index (χ1) is 17.9. The van der Waals surface area contributed by atoms with Gasteiger partial charge in [0.15, 0.2) is 0 Å². The fraction of sp³-hybridized carbons (Fsp3) is 0.440. The van der Waals surface area contributed by atoms with Crippen molar-refractivity contribution in [2.45, 2.75) is 25.8 Å². The highest BCUT2D eigenvalue weighted by Crippen LogP contribution is 2.38. The Bertz CT molecular complexity index is 1400. The third kappa shape index (κ3) is 4.79. The topological polar surface area (TPSA) is 118 Å². The summed E-state index contributed by atoms with van der Waals surface area (Å²) < 4.78 is 8.84. The molecule has 3 aromatic rings. The predicted octanol–water partition coefficient (Wildman–Crippen LogP) is 1.47. The van der Waals surface area contributed by atoms with E-state index in [1.807, 2.05) is 32.4 Å². The number of rotatable bonds is 6. The number of fused-ring (bicyclic) bond motifs is 1. The Labute approximate surface area is 218 Å². The number of aromatic nitrogens is 4. The minimum Gasteiger partial charge on any atom is -0.381 e. The SMILES string of the molecule is CC1NC=C(NC(=O)CN2CCC3(CC2)COC3)C=C1NC(=O)c1cnn2cc(-c3cnn(C)c3)sc12. The van der Waals surface area contributed by atoms with E-state index < -0.39 is 0 Å². The average Bonchev–Trinajstić information content (AvgIpc) is 3.56. The van der Waals surface area contributed by atoms with Crippen LogP contribution in [-0.2, 0) is 16.6 Å². The number of aryl methyl sites for hydroxylation is 1. The second kappa shape index (κ2) is 9.43. The fourth-order valence-corrected chi connectivity index (χ4v) is 5.98. The molecule has 3 N–H and O–H groups in total. The van der Waals surface area contributed by atoms with Crippen LogP contribution < -0.4 is 16.0 Å². The van der Waals surface area contributed by atoms with Crippen LogP contribution in [-0.4, -0.2) is 75.0 Å². The standard InChI is InChI=1S/C25H30N8O3S/c1-16-20(7-18(9-26-16)29-22(34)13-32-5-3-25(4-6-32)14-36-15-25)30-23(35)19-10-28-33-12-21(37-24(19)33)17-8-27-31(2)11-17/h7-12,16,26H,3-6,13-15H2,1-2H3,(H,29,34)(H,30,35). The monoisotopic (exact) mass is 522 g/mol. The number of thiazole rings is 1. The maximum absolute atomic E-state index is 13.2. The molecule has 37 heavy (non-hydrogen) atoms. The van der Waals surface area contributed by atoms with Crippen molar-refractivity contribution in [2.24, 2.45) is 12.5 Å². The van der Waals surface area contributed by atoms with Gasteiger partial charge < -0.3 is 20.7 Å². The summed E-state index contributed by atoms with van der Waals surface area (Å²) in [6.45, 7) is 5.83. The number of nitrogens with zero attached hydrogens (tertiary/aromatic N) is 5. The Morgan fingerprint density at radius 2 is 2.00 bits per heavy atom. The van der Waals surface area contributed by atoms with Crippen molar-refractivity contribution in [3.8, 4) is 10.4 Å². The number of piperidine rings is 1. The zero-order valence-corrected chi connectivity index (χ0v) is 21.7. The molecule has 11 nitrogen and oxygen atoms in total. The molecule has 0 aromatic carbocycles. The molecule has 6 rings (SSSR count). The molecule has 0 bridgehead atoms. The molecular formula is C25H30N8O3S. The lowest BCUT2D eigenvalue weighted by molar-refractivity contribution is -0.142. The zero-order valence-electron chi connectivity index (χ0n) is 20.9. The Morgan fingerprint density at radius 3 is 2.70 bits per heavy atom. The van der Waals surface area contributed by atoms with Gasteiger partial charge in [-0.3, -0.25) is 19.2 Å². The van der Waals surface area contributed by atoms with E-state index in [2.05, 4.69) is 31.0 Å². The summed E-state index contributed by atoms with van der Waals surface area (Å²) in [5, 5.41) is 17.8. The van der Waals surface area contributed by atoms with E-state index in [0.717, 1.165) is 54.4 Å². The Hall–Kier alpha value is -3.48. The van der Waals surface area contributed by atoms with Crippen molar-refractivity contribution in [2.75, 3.05) is 32.8 Å². The van der Waals surface area contributed by atoms with Gasteiger partial charge in [-0.25, -0.2) is 4.52 Å². The Kier molecular flexibility index (Phi) is 6.09. The second-order valence-electron chi connectivity index (χ2n) is 10.2. The maximum atomic E-state index is 13.2. The van der Waals surface area contributed by atoms with E-state index in [0.29, 0.717) is 28.9 Å². The summed E-state index contributed by atoms with van der Waals surface area (Å²) in [6, 6.07) is -0.118. The van der Waals surface area contributed by atoms with Crippen LogP contribution in [0.5, 0.6) is 0 Å². The fourth-order valence-electron chi connectivity index (χ4n) is 4.95. The molecule has 6 heterocycles. The van der Waals surface area contributed by atoms with Crippen LogP contribution >= 0.6 is 11.3 Å². The minimum atomic E-state index is -0.246. The van der Waals surface area contributed by atoms with Gasteiger partial charge in [0.05, 0.1) is 54.3 Å². The molecule has 1 spiro atoms. The van der Waals surface area contributed by atoms with Gasteiger partial charge in [-0.05, 0) is 38.9 Å². The van der Waals surface area contributed by atoms with Crippen molar-refractivity contribution < 1.29 is 14.3 Å². The molecule has 0 saturated carbocycles. The van der Waals surface area contributed by atoms with E-state index in [9.17, 15) is 9.59 Å². The smallest absolute Gasteiger partial charge is 0.260 e. The van der Waals surface area contributed by atoms with E-state index >= 15 is 0 Å². The number of carbonyl (C=O) groups is 2. The first kappa shape index (κ1) is 23.9. The van der Waals surface area contributed by atoms with Crippen LogP contribution in [0.1, 0.15) is 30.1 Å². The van der Waals surface area contributed by atoms with Crippen molar-refractivity contribution in [3.63, 3.8) is 0 Å². The number of hydrogen-bond donors (Lipinski definition) is 3. The molecule has 0 aliphatic carbocycles.